The number of aliphatic imine (C=N–C) groups is 1. The fourth-order valence-electron chi connectivity index (χ4n) is 2.85. The lowest BCUT2D eigenvalue weighted by Crippen LogP contribution is -2.43. The number of rotatable bonds is 6. The fraction of sp³-hybridized carbons (Fsp3) is 0.500. The zero-order chi connectivity index (χ0) is 18.6. The van der Waals surface area contributed by atoms with E-state index in [1.807, 2.05) is 32.9 Å². The number of anilines is 1. The molecule has 1 unspecified atom stereocenters. The molecule has 1 saturated heterocycles. The molecule has 1 atom stereocenters. The number of hydrogen-bond donors (Lipinski definition) is 3. The van der Waals surface area contributed by atoms with Gasteiger partial charge in [0.2, 0.25) is 0 Å². The Morgan fingerprint density at radius 2 is 1.92 bits per heavy atom. The van der Waals surface area contributed by atoms with Crippen molar-refractivity contribution in [1.82, 2.24) is 10.2 Å². The molecule has 0 spiro atoms. The normalized spacial score (nSPS) is 20.8. The van der Waals surface area contributed by atoms with Gasteiger partial charge in [0, 0.05) is 18.8 Å². The van der Waals surface area contributed by atoms with Gasteiger partial charge in [-0.3, -0.25) is 14.7 Å². The second-order valence-corrected chi connectivity index (χ2v) is 6.69. The highest BCUT2D eigenvalue weighted by atomic mass is 16.2. The van der Waals surface area contributed by atoms with Crippen LogP contribution in [0.2, 0.25) is 0 Å². The summed E-state index contributed by atoms with van der Waals surface area (Å²) in [6.07, 6.45) is 1.13. The van der Waals surface area contributed by atoms with Gasteiger partial charge < -0.3 is 16.4 Å². The molecule has 1 fully saturated rings. The monoisotopic (exact) mass is 345 g/mol. The number of urea groups is 1. The summed E-state index contributed by atoms with van der Waals surface area (Å²) in [7, 11) is 0. The molecule has 7 nitrogen and oxygen atoms in total. The van der Waals surface area contributed by atoms with Crippen molar-refractivity contribution in [3.8, 4) is 0 Å². The van der Waals surface area contributed by atoms with Gasteiger partial charge in [0.25, 0.3) is 5.91 Å². The Balaban J connectivity index is 1.84. The summed E-state index contributed by atoms with van der Waals surface area (Å²) in [5.74, 6) is 0.144. The summed E-state index contributed by atoms with van der Waals surface area (Å²) >= 11 is 0. The van der Waals surface area contributed by atoms with E-state index in [4.69, 9.17) is 5.73 Å². The van der Waals surface area contributed by atoms with E-state index in [0.717, 1.165) is 16.8 Å². The molecule has 7 heteroatoms. The Morgan fingerprint density at radius 1 is 1.28 bits per heavy atom. The fourth-order valence-corrected chi connectivity index (χ4v) is 2.85. The number of guanidine groups is 1. The smallest absolute Gasteiger partial charge is 0.325 e. The van der Waals surface area contributed by atoms with Gasteiger partial charge in [0.15, 0.2) is 5.96 Å². The lowest BCUT2D eigenvalue weighted by Gasteiger charge is -2.19. The second kappa shape index (κ2) is 7.55. The van der Waals surface area contributed by atoms with Crippen molar-refractivity contribution < 1.29 is 9.59 Å². The van der Waals surface area contributed by atoms with Crippen LogP contribution in [0.5, 0.6) is 0 Å². The molecule has 25 heavy (non-hydrogen) atoms. The van der Waals surface area contributed by atoms with E-state index in [2.05, 4.69) is 21.7 Å². The highest BCUT2D eigenvalue weighted by Gasteiger charge is 2.45. The van der Waals surface area contributed by atoms with Gasteiger partial charge in [-0.05, 0) is 56.9 Å². The highest BCUT2D eigenvalue weighted by molar-refractivity contribution is 6.06. The SMILES string of the molecule is CCC1(C)NC(=O)N(CCCN=C(N)Nc2cc(C)cc(C)c2)C1=O. The topological polar surface area (TPSA) is 99.8 Å². The number of aryl methyl sites for hydroxylation is 2. The van der Waals surface area contributed by atoms with E-state index in [0.29, 0.717) is 31.9 Å². The molecule has 3 amide bonds. The molecule has 0 radical (unpaired) electrons. The second-order valence-electron chi connectivity index (χ2n) is 6.69. The molecule has 1 heterocycles. The van der Waals surface area contributed by atoms with Crippen LogP contribution < -0.4 is 16.4 Å². The average Bonchev–Trinajstić information content (AvgIpc) is 2.73. The van der Waals surface area contributed by atoms with Crippen molar-refractivity contribution in [3.63, 3.8) is 0 Å². The maximum absolute atomic E-state index is 12.3. The molecule has 1 aromatic carbocycles. The van der Waals surface area contributed by atoms with E-state index in [-0.39, 0.29) is 11.9 Å². The van der Waals surface area contributed by atoms with Gasteiger partial charge in [-0.15, -0.1) is 0 Å². The number of benzene rings is 1. The number of amides is 3. The number of carbonyl (C=O) groups excluding carboxylic acids is 2. The minimum absolute atomic E-state index is 0.176. The number of imide groups is 1. The first-order chi connectivity index (χ1) is 11.7. The number of nitrogens with zero attached hydrogens (tertiary/aromatic N) is 2. The van der Waals surface area contributed by atoms with Crippen LogP contribution >= 0.6 is 0 Å². The largest absolute Gasteiger partial charge is 0.370 e. The van der Waals surface area contributed by atoms with Crippen LogP contribution in [0.3, 0.4) is 0 Å². The quantitative estimate of drug-likeness (QED) is 0.318. The Hall–Kier alpha value is -2.57. The molecular formula is C18H27N5O2. The van der Waals surface area contributed by atoms with Crippen LogP contribution in [0.4, 0.5) is 10.5 Å². The van der Waals surface area contributed by atoms with E-state index in [1.165, 1.54) is 4.90 Å². The Labute approximate surface area is 148 Å². The van der Waals surface area contributed by atoms with Crippen molar-refractivity contribution >= 4 is 23.6 Å². The van der Waals surface area contributed by atoms with Crippen molar-refractivity contribution in [1.29, 1.82) is 0 Å². The van der Waals surface area contributed by atoms with Gasteiger partial charge in [-0.2, -0.15) is 0 Å². The third-order valence-electron chi connectivity index (χ3n) is 4.37. The molecule has 4 N–H and O–H groups in total. The summed E-state index contributed by atoms with van der Waals surface area (Å²) in [4.78, 5) is 29.7. The summed E-state index contributed by atoms with van der Waals surface area (Å²) in [5, 5.41) is 5.80. The van der Waals surface area contributed by atoms with Gasteiger partial charge in [0.1, 0.15) is 5.54 Å². The zero-order valence-electron chi connectivity index (χ0n) is 15.3. The van der Waals surface area contributed by atoms with E-state index < -0.39 is 5.54 Å². The molecule has 1 aromatic rings. The third-order valence-corrected chi connectivity index (χ3v) is 4.37. The minimum Gasteiger partial charge on any atom is -0.370 e. The maximum atomic E-state index is 12.3. The number of nitrogens with one attached hydrogen (secondary N) is 2. The molecule has 0 aromatic heterocycles. The molecule has 0 aliphatic carbocycles. The van der Waals surface area contributed by atoms with Gasteiger partial charge in [0.05, 0.1) is 0 Å². The maximum Gasteiger partial charge on any atom is 0.325 e. The Morgan fingerprint density at radius 3 is 2.48 bits per heavy atom. The van der Waals surface area contributed by atoms with E-state index in [1.54, 1.807) is 6.92 Å². The molecule has 1 aliphatic rings. The Kier molecular flexibility index (Phi) is 5.66. The van der Waals surface area contributed by atoms with Crippen molar-refractivity contribution in [2.45, 2.75) is 46.1 Å². The highest BCUT2D eigenvalue weighted by Crippen LogP contribution is 2.20. The van der Waals surface area contributed by atoms with Crippen LogP contribution in [0.25, 0.3) is 0 Å². The minimum atomic E-state index is -0.788. The summed E-state index contributed by atoms with van der Waals surface area (Å²) < 4.78 is 0. The van der Waals surface area contributed by atoms with Crippen LogP contribution in [0.15, 0.2) is 23.2 Å². The van der Waals surface area contributed by atoms with Crippen molar-refractivity contribution in [2.75, 3.05) is 18.4 Å². The summed E-state index contributed by atoms with van der Waals surface area (Å²) in [6, 6.07) is 5.74. The van der Waals surface area contributed by atoms with Crippen molar-refractivity contribution in [2.24, 2.45) is 10.7 Å². The third kappa shape index (κ3) is 4.49. The molecule has 0 bridgehead atoms. The predicted octanol–water partition coefficient (Wildman–Crippen LogP) is 2.14. The standard InChI is InChI=1S/C18H27N5O2/c1-5-18(4)15(24)23(17(25)22-18)8-6-7-20-16(19)21-14-10-12(2)9-13(3)11-14/h9-11H,5-8H2,1-4H3,(H,22,25)(H3,19,20,21). The molecular weight excluding hydrogens is 318 g/mol. The molecule has 1 aliphatic heterocycles. The lowest BCUT2D eigenvalue weighted by molar-refractivity contribution is -0.130. The van der Waals surface area contributed by atoms with Gasteiger partial charge >= 0.3 is 6.03 Å². The van der Waals surface area contributed by atoms with Gasteiger partial charge in [-0.1, -0.05) is 13.0 Å². The zero-order valence-corrected chi connectivity index (χ0v) is 15.3. The number of carbonyl (C=O) groups is 2. The van der Waals surface area contributed by atoms with Crippen LogP contribution in [0, 0.1) is 13.8 Å². The first kappa shape index (κ1) is 18.8. The van der Waals surface area contributed by atoms with Crippen molar-refractivity contribution in [3.05, 3.63) is 29.3 Å². The predicted molar refractivity (Wildman–Crippen MR) is 99.6 cm³/mol. The summed E-state index contributed by atoms with van der Waals surface area (Å²) in [6.45, 7) is 8.44. The lowest BCUT2D eigenvalue weighted by atomic mass is 9.99. The Bertz CT molecular complexity index is 680. The molecule has 136 valence electrons. The summed E-state index contributed by atoms with van der Waals surface area (Å²) in [5.41, 5.74) is 8.30. The van der Waals surface area contributed by atoms with E-state index in [9.17, 15) is 9.59 Å². The number of hydrogen-bond acceptors (Lipinski definition) is 3. The van der Waals surface area contributed by atoms with E-state index >= 15 is 0 Å². The number of nitrogens with two attached hydrogens (primary N) is 1. The molecule has 0 saturated carbocycles. The average molecular weight is 345 g/mol. The van der Waals surface area contributed by atoms with Gasteiger partial charge in [-0.25, -0.2) is 4.79 Å². The first-order valence-electron chi connectivity index (χ1n) is 8.54. The first-order valence-corrected chi connectivity index (χ1v) is 8.54. The van der Waals surface area contributed by atoms with Crippen LogP contribution in [-0.4, -0.2) is 41.4 Å². The van der Waals surface area contributed by atoms with Crippen LogP contribution in [0.1, 0.15) is 37.8 Å². The molecule has 2 rings (SSSR count). The van der Waals surface area contributed by atoms with Crippen LogP contribution in [-0.2, 0) is 4.79 Å².